The van der Waals surface area contributed by atoms with Crippen molar-refractivity contribution in [3.05, 3.63) is 63.9 Å². The van der Waals surface area contributed by atoms with Gasteiger partial charge in [0.05, 0.1) is 18.2 Å². The van der Waals surface area contributed by atoms with E-state index in [0.29, 0.717) is 22.4 Å². The van der Waals surface area contributed by atoms with Crippen molar-refractivity contribution in [3.63, 3.8) is 0 Å². The van der Waals surface area contributed by atoms with Crippen molar-refractivity contribution in [3.8, 4) is 5.75 Å². The summed E-state index contributed by atoms with van der Waals surface area (Å²) in [7, 11) is 1.44. The van der Waals surface area contributed by atoms with Crippen LogP contribution in [-0.4, -0.2) is 54.9 Å². The maximum absolute atomic E-state index is 13.9. The van der Waals surface area contributed by atoms with Crippen LogP contribution in [0.25, 0.3) is 0 Å². The van der Waals surface area contributed by atoms with Crippen LogP contribution in [0.2, 0.25) is 5.02 Å². The minimum absolute atomic E-state index is 0.117. The summed E-state index contributed by atoms with van der Waals surface area (Å²) < 4.78 is 45.5. The van der Waals surface area contributed by atoms with Gasteiger partial charge < -0.3 is 14.5 Å². The molecule has 1 aliphatic rings. The standard InChI is InChI=1S/C19H16ClF3N2O3/c1-28-15-5-2-11(20)10-13(15)19(27)25-8-6-24(7-9-25)18(26)12-3-4-14(21)17(23)16(12)22/h2-5,10H,6-9H2,1H3. The second kappa shape index (κ2) is 8.10. The summed E-state index contributed by atoms with van der Waals surface area (Å²) in [5.74, 6) is -5.27. The van der Waals surface area contributed by atoms with E-state index >= 15 is 0 Å². The summed E-state index contributed by atoms with van der Waals surface area (Å²) in [5, 5.41) is 0.381. The van der Waals surface area contributed by atoms with E-state index in [0.717, 1.165) is 6.07 Å². The zero-order valence-electron chi connectivity index (χ0n) is 14.8. The van der Waals surface area contributed by atoms with Crippen LogP contribution in [0.4, 0.5) is 13.2 Å². The summed E-state index contributed by atoms with van der Waals surface area (Å²) in [6, 6.07) is 6.30. The van der Waals surface area contributed by atoms with Gasteiger partial charge in [0.25, 0.3) is 11.8 Å². The second-order valence-electron chi connectivity index (χ2n) is 6.15. The number of rotatable bonds is 3. The molecule has 0 spiro atoms. The number of nitrogens with zero attached hydrogens (tertiary/aromatic N) is 2. The molecule has 3 rings (SSSR count). The highest BCUT2D eigenvalue weighted by atomic mass is 35.5. The summed E-state index contributed by atoms with van der Waals surface area (Å²) in [6.07, 6.45) is 0. The molecule has 0 atom stereocenters. The Labute approximate surface area is 164 Å². The quantitative estimate of drug-likeness (QED) is 0.726. The maximum Gasteiger partial charge on any atom is 0.257 e. The van der Waals surface area contributed by atoms with E-state index in [1.807, 2.05) is 0 Å². The average molecular weight is 413 g/mol. The molecule has 0 N–H and O–H groups in total. The first kappa shape index (κ1) is 20.0. The molecule has 0 bridgehead atoms. The van der Waals surface area contributed by atoms with Gasteiger partial charge in [-0.25, -0.2) is 13.2 Å². The maximum atomic E-state index is 13.9. The monoisotopic (exact) mass is 412 g/mol. The van der Waals surface area contributed by atoms with Crippen LogP contribution in [0.5, 0.6) is 5.75 Å². The number of amides is 2. The number of hydrogen-bond donors (Lipinski definition) is 0. The van der Waals surface area contributed by atoms with Crippen LogP contribution in [-0.2, 0) is 0 Å². The molecule has 2 aromatic rings. The van der Waals surface area contributed by atoms with E-state index in [4.69, 9.17) is 16.3 Å². The molecular formula is C19H16ClF3N2O3. The van der Waals surface area contributed by atoms with E-state index in [1.54, 1.807) is 12.1 Å². The van der Waals surface area contributed by atoms with E-state index in [2.05, 4.69) is 0 Å². The molecule has 1 fully saturated rings. The van der Waals surface area contributed by atoms with Crippen LogP contribution in [0, 0.1) is 17.5 Å². The Hall–Kier alpha value is -2.74. The van der Waals surface area contributed by atoms with Gasteiger partial charge in [-0.15, -0.1) is 0 Å². The van der Waals surface area contributed by atoms with Crippen LogP contribution in [0.3, 0.4) is 0 Å². The third kappa shape index (κ3) is 3.77. The minimum Gasteiger partial charge on any atom is -0.496 e. The van der Waals surface area contributed by atoms with Crippen molar-refractivity contribution in [1.29, 1.82) is 0 Å². The van der Waals surface area contributed by atoms with Crippen molar-refractivity contribution in [2.24, 2.45) is 0 Å². The smallest absolute Gasteiger partial charge is 0.257 e. The summed E-state index contributed by atoms with van der Waals surface area (Å²) in [6.45, 7) is 0.606. The van der Waals surface area contributed by atoms with Gasteiger partial charge in [0.1, 0.15) is 5.75 Å². The zero-order chi connectivity index (χ0) is 20.4. The largest absolute Gasteiger partial charge is 0.496 e. The van der Waals surface area contributed by atoms with E-state index in [9.17, 15) is 22.8 Å². The Morgan fingerprint density at radius 2 is 1.46 bits per heavy atom. The van der Waals surface area contributed by atoms with E-state index in [-0.39, 0.29) is 32.1 Å². The number of benzene rings is 2. The summed E-state index contributed by atoms with van der Waals surface area (Å²) >= 11 is 5.96. The van der Waals surface area contributed by atoms with E-state index < -0.39 is 28.9 Å². The van der Waals surface area contributed by atoms with Crippen molar-refractivity contribution in [2.75, 3.05) is 33.3 Å². The molecule has 2 amide bonds. The van der Waals surface area contributed by atoms with E-state index in [1.165, 1.54) is 23.0 Å². The first-order valence-electron chi connectivity index (χ1n) is 8.39. The van der Waals surface area contributed by atoms with Crippen molar-refractivity contribution in [2.45, 2.75) is 0 Å². The lowest BCUT2D eigenvalue weighted by Gasteiger charge is -2.35. The number of hydrogen-bond acceptors (Lipinski definition) is 3. The minimum atomic E-state index is -1.69. The molecule has 28 heavy (non-hydrogen) atoms. The average Bonchev–Trinajstić information content (AvgIpc) is 2.71. The first-order chi connectivity index (χ1) is 13.3. The third-order valence-corrected chi connectivity index (χ3v) is 4.75. The normalized spacial score (nSPS) is 14.2. The molecule has 5 nitrogen and oxygen atoms in total. The van der Waals surface area contributed by atoms with Crippen LogP contribution >= 0.6 is 11.6 Å². The van der Waals surface area contributed by atoms with Crippen LogP contribution < -0.4 is 4.74 Å². The lowest BCUT2D eigenvalue weighted by molar-refractivity contribution is 0.0530. The van der Waals surface area contributed by atoms with Gasteiger partial charge in [-0.2, -0.15) is 0 Å². The fraction of sp³-hybridized carbons (Fsp3) is 0.263. The van der Waals surface area contributed by atoms with Gasteiger partial charge in [-0.05, 0) is 30.3 Å². The number of carbonyl (C=O) groups is 2. The second-order valence-corrected chi connectivity index (χ2v) is 6.59. The van der Waals surface area contributed by atoms with Crippen LogP contribution in [0.15, 0.2) is 30.3 Å². The Bertz CT molecular complexity index is 931. The number of methoxy groups -OCH3 is 1. The summed E-state index contributed by atoms with van der Waals surface area (Å²) in [4.78, 5) is 28.0. The van der Waals surface area contributed by atoms with Crippen molar-refractivity contribution < 1.29 is 27.5 Å². The number of halogens is 4. The lowest BCUT2D eigenvalue weighted by Crippen LogP contribution is -2.50. The zero-order valence-corrected chi connectivity index (χ0v) is 15.6. The number of ether oxygens (including phenoxy) is 1. The highest BCUT2D eigenvalue weighted by Crippen LogP contribution is 2.25. The highest BCUT2D eigenvalue weighted by Gasteiger charge is 2.29. The molecular weight excluding hydrogens is 397 g/mol. The fourth-order valence-electron chi connectivity index (χ4n) is 2.99. The van der Waals surface area contributed by atoms with Gasteiger partial charge in [-0.1, -0.05) is 11.6 Å². The molecule has 0 radical (unpaired) electrons. The Morgan fingerprint density at radius 1 is 0.893 bits per heavy atom. The van der Waals surface area contributed by atoms with Gasteiger partial charge in [0.2, 0.25) is 0 Å². The van der Waals surface area contributed by atoms with Gasteiger partial charge >= 0.3 is 0 Å². The lowest BCUT2D eigenvalue weighted by atomic mass is 10.1. The topological polar surface area (TPSA) is 49.9 Å². The van der Waals surface area contributed by atoms with Crippen molar-refractivity contribution >= 4 is 23.4 Å². The molecule has 1 aliphatic heterocycles. The van der Waals surface area contributed by atoms with Crippen molar-refractivity contribution in [1.82, 2.24) is 9.80 Å². The van der Waals surface area contributed by atoms with Gasteiger partial charge in [0, 0.05) is 31.2 Å². The molecule has 9 heteroatoms. The molecule has 2 aromatic carbocycles. The van der Waals surface area contributed by atoms with Gasteiger partial charge in [-0.3, -0.25) is 9.59 Å². The SMILES string of the molecule is COc1ccc(Cl)cc1C(=O)N1CCN(C(=O)c2ccc(F)c(F)c2F)CC1. The molecule has 0 aliphatic carbocycles. The molecule has 0 unspecified atom stereocenters. The predicted molar refractivity (Wildman–Crippen MR) is 96.1 cm³/mol. The predicted octanol–water partition coefficient (Wildman–Crippen LogP) is 3.36. The first-order valence-corrected chi connectivity index (χ1v) is 8.77. The molecule has 148 valence electrons. The Morgan fingerprint density at radius 3 is 2.04 bits per heavy atom. The summed E-state index contributed by atoms with van der Waals surface area (Å²) in [5.41, 5.74) is -0.253. The number of piperazine rings is 1. The Kier molecular flexibility index (Phi) is 5.79. The third-order valence-electron chi connectivity index (χ3n) is 4.51. The fourth-order valence-corrected chi connectivity index (χ4v) is 3.16. The molecule has 0 saturated carbocycles. The molecule has 0 aromatic heterocycles. The molecule has 1 saturated heterocycles. The van der Waals surface area contributed by atoms with Crippen LogP contribution in [0.1, 0.15) is 20.7 Å². The Balaban J connectivity index is 1.71. The van der Waals surface area contributed by atoms with Gasteiger partial charge in [0.15, 0.2) is 17.5 Å². The highest BCUT2D eigenvalue weighted by molar-refractivity contribution is 6.31. The molecule has 1 heterocycles. The number of carbonyl (C=O) groups excluding carboxylic acids is 2.